The van der Waals surface area contributed by atoms with Gasteiger partial charge in [0.1, 0.15) is 0 Å². The predicted molar refractivity (Wildman–Crippen MR) is 141 cm³/mol. The Labute approximate surface area is 206 Å². The first kappa shape index (κ1) is 24.9. The third-order valence-corrected chi connectivity index (χ3v) is 8.02. The van der Waals surface area contributed by atoms with Crippen molar-refractivity contribution in [1.82, 2.24) is 4.90 Å². The van der Waals surface area contributed by atoms with E-state index in [1.165, 1.54) is 74.5 Å². The maximum atomic E-state index is 11.4. The van der Waals surface area contributed by atoms with Crippen LogP contribution in [0.5, 0.6) is 0 Å². The number of benzene rings is 2. The number of anilines is 1. The molecular formula is C30H43N3O. The maximum Gasteiger partial charge on any atom is 0.221 e. The molecule has 2 fully saturated rings. The molecule has 0 unspecified atom stereocenters. The zero-order chi connectivity index (χ0) is 23.9. The summed E-state index contributed by atoms with van der Waals surface area (Å²) in [6.07, 6.45) is 11.9. The SMILES string of the molecule is CC(=O)Nc1ccc(CN(Cc2cccc(C)c2)C2CCC(CC3CCC(N)CC3)CC2)cc1. The molecule has 2 aliphatic rings. The molecular weight excluding hydrogens is 418 g/mol. The summed E-state index contributed by atoms with van der Waals surface area (Å²) >= 11 is 0. The minimum absolute atomic E-state index is 0.0262. The molecule has 0 heterocycles. The van der Waals surface area contributed by atoms with Gasteiger partial charge in [0.2, 0.25) is 5.91 Å². The highest BCUT2D eigenvalue weighted by molar-refractivity contribution is 5.88. The van der Waals surface area contributed by atoms with E-state index >= 15 is 0 Å². The minimum Gasteiger partial charge on any atom is -0.328 e. The monoisotopic (exact) mass is 461 g/mol. The van der Waals surface area contributed by atoms with Crippen molar-refractivity contribution >= 4 is 11.6 Å². The van der Waals surface area contributed by atoms with Crippen LogP contribution in [0.3, 0.4) is 0 Å². The lowest BCUT2D eigenvalue weighted by Crippen LogP contribution is -2.37. The van der Waals surface area contributed by atoms with Crippen LogP contribution in [0.25, 0.3) is 0 Å². The summed E-state index contributed by atoms with van der Waals surface area (Å²) in [7, 11) is 0. The van der Waals surface area contributed by atoms with Gasteiger partial charge in [0.25, 0.3) is 0 Å². The number of rotatable bonds is 8. The molecule has 2 aromatic carbocycles. The Morgan fingerprint density at radius 3 is 2.12 bits per heavy atom. The van der Waals surface area contributed by atoms with Crippen LogP contribution in [0.1, 0.15) is 81.4 Å². The topological polar surface area (TPSA) is 58.4 Å². The van der Waals surface area contributed by atoms with E-state index in [1.807, 2.05) is 12.1 Å². The van der Waals surface area contributed by atoms with E-state index in [0.717, 1.165) is 30.6 Å². The second kappa shape index (κ2) is 12.0. The van der Waals surface area contributed by atoms with Crippen LogP contribution in [0.15, 0.2) is 48.5 Å². The van der Waals surface area contributed by atoms with Gasteiger partial charge in [-0.25, -0.2) is 0 Å². The van der Waals surface area contributed by atoms with Crippen molar-refractivity contribution in [2.45, 2.75) is 96.8 Å². The summed E-state index contributed by atoms with van der Waals surface area (Å²) in [6, 6.07) is 18.4. The molecule has 2 saturated carbocycles. The smallest absolute Gasteiger partial charge is 0.221 e. The Morgan fingerprint density at radius 1 is 0.882 bits per heavy atom. The second-order valence-electron chi connectivity index (χ2n) is 11.0. The van der Waals surface area contributed by atoms with Crippen molar-refractivity contribution in [2.24, 2.45) is 17.6 Å². The third-order valence-electron chi connectivity index (χ3n) is 8.02. The van der Waals surface area contributed by atoms with E-state index in [4.69, 9.17) is 5.73 Å². The molecule has 4 rings (SSSR count). The van der Waals surface area contributed by atoms with Crippen LogP contribution in [-0.4, -0.2) is 22.9 Å². The largest absolute Gasteiger partial charge is 0.328 e. The van der Waals surface area contributed by atoms with E-state index in [-0.39, 0.29) is 5.91 Å². The lowest BCUT2D eigenvalue weighted by Gasteiger charge is -2.38. The molecule has 1 amide bonds. The summed E-state index contributed by atoms with van der Waals surface area (Å²) in [6.45, 7) is 5.67. The number of carbonyl (C=O) groups excluding carboxylic acids is 1. The van der Waals surface area contributed by atoms with Crippen molar-refractivity contribution < 1.29 is 4.79 Å². The molecule has 34 heavy (non-hydrogen) atoms. The quantitative estimate of drug-likeness (QED) is 0.477. The standard InChI is InChI=1S/C30H43N3O/c1-22-4-3-5-27(18-22)21-33(20-26-8-14-29(15-9-26)32-23(2)34)30-16-10-25(11-17-30)19-24-6-12-28(31)13-7-24/h3-5,8-9,14-15,18,24-25,28,30H,6-7,10-13,16-17,19-21,31H2,1-2H3,(H,32,34). The Hall–Kier alpha value is -2.17. The predicted octanol–water partition coefficient (Wildman–Crippen LogP) is 6.42. The number of carbonyl (C=O) groups is 1. The summed E-state index contributed by atoms with van der Waals surface area (Å²) in [4.78, 5) is 14.0. The highest BCUT2D eigenvalue weighted by Gasteiger charge is 2.29. The fourth-order valence-corrected chi connectivity index (χ4v) is 6.13. The fourth-order valence-electron chi connectivity index (χ4n) is 6.13. The Morgan fingerprint density at radius 2 is 1.50 bits per heavy atom. The molecule has 0 radical (unpaired) electrons. The third kappa shape index (κ3) is 7.41. The first-order chi connectivity index (χ1) is 16.4. The lowest BCUT2D eigenvalue weighted by atomic mass is 9.75. The van der Waals surface area contributed by atoms with E-state index in [9.17, 15) is 4.79 Å². The van der Waals surface area contributed by atoms with Gasteiger partial charge in [-0.3, -0.25) is 9.69 Å². The molecule has 0 atom stereocenters. The summed E-state index contributed by atoms with van der Waals surface area (Å²) < 4.78 is 0. The van der Waals surface area contributed by atoms with Gasteiger partial charge in [-0.1, -0.05) is 42.0 Å². The van der Waals surface area contributed by atoms with Gasteiger partial charge < -0.3 is 11.1 Å². The number of nitrogens with one attached hydrogen (secondary N) is 1. The first-order valence-electron chi connectivity index (χ1n) is 13.4. The zero-order valence-corrected chi connectivity index (χ0v) is 21.1. The number of hydrogen-bond acceptors (Lipinski definition) is 3. The van der Waals surface area contributed by atoms with Crippen LogP contribution >= 0.6 is 0 Å². The van der Waals surface area contributed by atoms with E-state index in [1.54, 1.807) is 6.92 Å². The highest BCUT2D eigenvalue weighted by atomic mass is 16.1. The van der Waals surface area contributed by atoms with Crippen molar-refractivity contribution in [2.75, 3.05) is 5.32 Å². The van der Waals surface area contributed by atoms with E-state index < -0.39 is 0 Å². The zero-order valence-electron chi connectivity index (χ0n) is 21.1. The Balaban J connectivity index is 1.38. The molecule has 0 saturated heterocycles. The van der Waals surface area contributed by atoms with Crippen LogP contribution < -0.4 is 11.1 Å². The Kier molecular flexibility index (Phi) is 8.80. The molecule has 4 heteroatoms. The normalized spacial score (nSPS) is 25.3. The summed E-state index contributed by atoms with van der Waals surface area (Å²) in [5.41, 5.74) is 11.0. The van der Waals surface area contributed by atoms with Crippen LogP contribution in [-0.2, 0) is 17.9 Å². The van der Waals surface area contributed by atoms with E-state index in [0.29, 0.717) is 12.1 Å². The van der Waals surface area contributed by atoms with Crippen molar-refractivity contribution in [1.29, 1.82) is 0 Å². The summed E-state index contributed by atoms with van der Waals surface area (Å²) in [5.74, 6) is 1.78. The average Bonchev–Trinajstić information content (AvgIpc) is 2.82. The van der Waals surface area contributed by atoms with Crippen LogP contribution in [0.2, 0.25) is 0 Å². The minimum atomic E-state index is -0.0262. The van der Waals surface area contributed by atoms with Crippen molar-refractivity contribution in [3.63, 3.8) is 0 Å². The molecule has 0 aliphatic heterocycles. The van der Waals surface area contributed by atoms with Gasteiger partial charge in [-0.2, -0.15) is 0 Å². The molecule has 3 N–H and O–H groups in total. The number of aryl methyl sites for hydroxylation is 1. The lowest BCUT2D eigenvalue weighted by molar-refractivity contribution is -0.114. The second-order valence-corrected chi connectivity index (χ2v) is 11.0. The van der Waals surface area contributed by atoms with Gasteiger partial charge in [0.05, 0.1) is 0 Å². The first-order valence-corrected chi connectivity index (χ1v) is 13.4. The maximum absolute atomic E-state index is 11.4. The number of nitrogens with zero attached hydrogens (tertiary/aromatic N) is 1. The number of hydrogen-bond donors (Lipinski definition) is 2. The molecule has 2 aromatic rings. The van der Waals surface area contributed by atoms with Gasteiger partial charge in [-0.15, -0.1) is 0 Å². The Bertz CT molecular complexity index is 909. The van der Waals surface area contributed by atoms with Gasteiger partial charge in [-0.05, 0) is 99.8 Å². The van der Waals surface area contributed by atoms with Crippen LogP contribution in [0, 0.1) is 18.8 Å². The number of amides is 1. The molecule has 184 valence electrons. The molecule has 0 spiro atoms. The summed E-state index contributed by atoms with van der Waals surface area (Å²) in [5, 5.41) is 2.88. The van der Waals surface area contributed by atoms with Crippen molar-refractivity contribution in [3.8, 4) is 0 Å². The molecule has 0 bridgehead atoms. The average molecular weight is 462 g/mol. The van der Waals surface area contributed by atoms with Gasteiger partial charge in [0.15, 0.2) is 0 Å². The van der Waals surface area contributed by atoms with Crippen molar-refractivity contribution in [3.05, 3.63) is 65.2 Å². The molecule has 0 aromatic heterocycles. The number of nitrogens with two attached hydrogens (primary N) is 1. The fraction of sp³-hybridized carbons (Fsp3) is 0.567. The van der Waals surface area contributed by atoms with E-state index in [2.05, 4.69) is 53.5 Å². The van der Waals surface area contributed by atoms with Gasteiger partial charge in [0, 0.05) is 37.8 Å². The molecule has 2 aliphatic carbocycles. The highest BCUT2D eigenvalue weighted by Crippen LogP contribution is 2.37. The van der Waals surface area contributed by atoms with Crippen LogP contribution in [0.4, 0.5) is 5.69 Å². The van der Waals surface area contributed by atoms with Gasteiger partial charge >= 0.3 is 0 Å². The molecule has 4 nitrogen and oxygen atoms in total.